The molecule has 8 heteroatoms. The molecule has 4 heterocycles. The van der Waals surface area contributed by atoms with Crippen LogP contribution in [0.15, 0.2) is 34.7 Å². The summed E-state index contributed by atoms with van der Waals surface area (Å²) in [5.74, 6) is -0.484. The van der Waals surface area contributed by atoms with Gasteiger partial charge in [-0.15, -0.1) is 11.3 Å². The van der Waals surface area contributed by atoms with Crippen LogP contribution in [0.5, 0.6) is 0 Å². The normalized spacial score (nSPS) is 18.3. The number of carbonyl (C=O) groups is 1. The summed E-state index contributed by atoms with van der Waals surface area (Å²) >= 11 is 1.76. The number of likely N-dealkylation sites (tertiary alicyclic amines) is 1. The summed E-state index contributed by atoms with van der Waals surface area (Å²) in [5, 5.41) is 8.50. The highest BCUT2D eigenvalue weighted by Crippen LogP contribution is 2.28. The van der Waals surface area contributed by atoms with Crippen LogP contribution in [0, 0.1) is 0 Å². The number of piperidine rings is 1. The number of rotatable bonds is 4. The maximum Gasteiger partial charge on any atom is 0.341 e. The molecule has 0 spiro atoms. The van der Waals surface area contributed by atoms with Crippen molar-refractivity contribution in [2.75, 3.05) is 20.2 Å². The third-order valence-electron chi connectivity index (χ3n) is 4.85. The number of pyridine rings is 1. The van der Waals surface area contributed by atoms with Gasteiger partial charge in [0.05, 0.1) is 12.7 Å². The lowest BCUT2D eigenvalue weighted by Gasteiger charge is -2.34. The fraction of sp³-hybridized carbons (Fsp3) is 0.389. The molecule has 1 fully saturated rings. The first-order valence-corrected chi connectivity index (χ1v) is 9.46. The van der Waals surface area contributed by atoms with Crippen molar-refractivity contribution in [1.82, 2.24) is 19.7 Å². The number of thiophene rings is 1. The van der Waals surface area contributed by atoms with Crippen molar-refractivity contribution < 1.29 is 9.53 Å². The van der Waals surface area contributed by atoms with Crippen LogP contribution in [0.25, 0.3) is 11.3 Å². The molecule has 0 aromatic carbocycles. The Bertz CT molecular complexity index is 930. The Labute approximate surface area is 154 Å². The third-order valence-corrected chi connectivity index (χ3v) is 5.71. The summed E-state index contributed by atoms with van der Waals surface area (Å²) < 4.78 is 6.85. The number of carbonyl (C=O) groups excluding carboxylic acids is 1. The Kier molecular flexibility index (Phi) is 4.60. The van der Waals surface area contributed by atoms with E-state index in [1.54, 1.807) is 23.7 Å². The third kappa shape index (κ3) is 3.17. The lowest BCUT2D eigenvalue weighted by molar-refractivity contribution is 0.0599. The lowest BCUT2D eigenvalue weighted by Crippen LogP contribution is -2.36. The Hall–Kier alpha value is -2.45. The Morgan fingerprint density at radius 2 is 2.35 bits per heavy atom. The number of H-pyrrole nitrogens is 1. The number of ether oxygens (including phenoxy) is 1. The number of aromatic amines is 1. The first kappa shape index (κ1) is 17.0. The number of aromatic nitrogens is 3. The minimum atomic E-state index is -0.484. The van der Waals surface area contributed by atoms with Crippen LogP contribution >= 0.6 is 11.3 Å². The molecule has 1 atom stereocenters. The van der Waals surface area contributed by atoms with Crippen molar-refractivity contribution in [1.29, 1.82) is 0 Å². The van der Waals surface area contributed by atoms with Crippen LogP contribution in [0.1, 0.15) is 34.1 Å². The van der Waals surface area contributed by atoms with Crippen molar-refractivity contribution in [3.05, 3.63) is 50.7 Å². The van der Waals surface area contributed by atoms with Crippen LogP contribution < -0.4 is 5.56 Å². The van der Waals surface area contributed by atoms with Gasteiger partial charge in [0.2, 0.25) is 0 Å². The molecule has 0 amide bonds. The molecule has 3 aliphatic rings. The number of esters is 1. The van der Waals surface area contributed by atoms with E-state index < -0.39 is 5.97 Å². The first-order valence-electron chi connectivity index (χ1n) is 8.58. The minimum Gasteiger partial charge on any atom is -0.465 e. The second-order valence-electron chi connectivity index (χ2n) is 6.54. The number of nitrogens with zero attached hydrogens (tertiary/aromatic N) is 3. The molecule has 3 aliphatic heterocycles. The quantitative estimate of drug-likeness (QED) is 0.711. The molecule has 0 radical (unpaired) electrons. The maximum absolute atomic E-state index is 12.1. The molecule has 4 rings (SSSR count). The average molecular weight is 372 g/mol. The number of fused-ring (bicyclic) bond motifs is 1. The van der Waals surface area contributed by atoms with Gasteiger partial charge in [0, 0.05) is 36.4 Å². The van der Waals surface area contributed by atoms with Crippen LogP contribution in [-0.4, -0.2) is 45.8 Å². The molecule has 0 unspecified atom stereocenters. The highest BCUT2D eigenvalue weighted by Gasteiger charge is 2.26. The number of hydrogen-bond donors (Lipinski definition) is 1. The van der Waals surface area contributed by atoms with Crippen molar-refractivity contribution in [3.63, 3.8) is 0 Å². The zero-order valence-corrected chi connectivity index (χ0v) is 15.3. The van der Waals surface area contributed by atoms with Gasteiger partial charge in [-0.25, -0.2) is 9.89 Å². The standard InChI is InChI=1S/C18H20N4O3S/c1-25-18(24)15-11-22(10-14-16(15)19-20-17(14)23)12-4-2-6-21(8-12)9-13-5-3-7-26-13/h3,5,7,10-12H,2,4,6,8-9H2,1H3,(H,20,23)/t12-/m0/s1. The van der Waals surface area contributed by atoms with E-state index in [1.165, 1.54) is 12.0 Å². The van der Waals surface area contributed by atoms with Crippen molar-refractivity contribution in [3.8, 4) is 11.3 Å². The van der Waals surface area contributed by atoms with Gasteiger partial charge in [-0.2, -0.15) is 5.10 Å². The second kappa shape index (κ2) is 7.05. The van der Waals surface area contributed by atoms with E-state index >= 15 is 0 Å². The summed E-state index contributed by atoms with van der Waals surface area (Å²) in [6.07, 6.45) is 5.63. The second-order valence-corrected chi connectivity index (χ2v) is 7.57. The predicted octanol–water partition coefficient (Wildman–Crippen LogP) is 2.36. The van der Waals surface area contributed by atoms with E-state index in [-0.39, 0.29) is 11.6 Å². The Morgan fingerprint density at radius 3 is 3.12 bits per heavy atom. The SMILES string of the molecule is COC(=O)c1cn([C@H]2CCCN(Cc3cccs3)C2)cc2c(=O)[nH]nc1-2. The fourth-order valence-corrected chi connectivity index (χ4v) is 4.31. The van der Waals surface area contributed by atoms with Crippen LogP contribution in [0.3, 0.4) is 0 Å². The molecule has 136 valence electrons. The highest BCUT2D eigenvalue weighted by atomic mass is 32.1. The van der Waals surface area contributed by atoms with Crippen molar-refractivity contribution in [2.24, 2.45) is 0 Å². The molecule has 1 aromatic rings. The molecule has 26 heavy (non-hydrogen) atoms. The van der Waals surface area contributed by atoms with Crippen molar-refractivity contribution in [2.45, 2.75) is 25.4 Å². The summed E-state index contributed by atoms with van der Waals surface area (Å²) in [5.41, 5.74) is 0.817. The Balaban J connectivity index is 1.65. The predicted molar refractivity (Wildman–Crippen MR) is 98.7 cm³/mol. The largest absolute Gasteiger partial charge is 0.465 e. The lowest BCUT2D eigenvalue weighted by atomic mass is 10.0. The molecular weight excluding hydrogens is 352 g/mol. The highest BCUT2D eigenvalue weighted by molar-refractivity contribution is 7.09. The zero-order chi connectivity index (χ0) is 18.1. The van der Waals surface area contributed by atoms with E-state index in [1.807, 2.05) is 4.57 Å². The van der Waals surface area contributed by atoms with E-state index in [2.05, 4.69) is 32.6 Å². The van der Waals surface area contributed by atoms with Gasteiger partial charge in [0.25, 0.3) is 5.56 Å². The number of nitrogens with one attached hydrogen (secondary N) is 1. The molecule has 7 nitrogen and oxygen atoms in total. The van der Waals surface area contributed by atoms with E-state index in [0.717, 1.165) is 32.5 Å². The van der Waals surface area contributed by atoms with Gasteiger partial charge >= 0.3 is 5.97 Å². The Morgan fingerprint density at radius 1 is 1.46 bits per heavy atom. The first-order chi connectivity index (χ1) is 12.7. The summed E-state index contributed by atoms with van der Waals surface area (Å²) in [4.78, 5) is 28.0. The number of hydrogen-bond acceptors (Lipinski definition) is 6. The topological polar surface area (TPSA) is 80.2 Å². The molecule has 1 N–H and O–H groups in total. The molecule has 0 saturated carbocycles. The van der Waals surface area contributed by atoms with Gasteiger partial charge in [0.1, 0.15) is 11.3 Å². The minimum absolute atomic E-state index is 0.200. The summed E-state index contributed by atoms with van der Waals surface area (Å²) in [7, 11) is 1.33. The van der Waals surface area contributed by atoms with E-state index in [0.29, 0.717) is 16.8 Å². The molecule has 1 saturated heterocycles. The van der Waals surface area contributed by atoms with Crippen LogP contribution in [0.4, 0.5) is 0 Å². The van der Waals surface area contributed by atoms with E-state index in [4.69, 9.17) is 4.74 Å². The molecule has 0 aliphatic carbocycles. The summed E-state index contributed by atoms with van der Waals surface area (Å²) in [6.45, 7) is 2.86. The number of methoxy groups -OCH3 is 1. The smallest absolute Gasteiger partial charge is 0.341 e. The van der Waals surface area contributed by atoms with Crippen LogP contribution in [0.2, 0.25) is 0 Å². The van der Waals surface area contributed by atoms with E-state index in [9.17, 15) is 9.59 Å². The maximum atomic E-state index is 12.1. The van der Waals surface area contributed by atoms with Gasteiger partial charge in [-0.1, -0.05) is 6.07 Å². The van der Waals surface area contributed by atoms with Gasteiger partial charge in [0.15, 0.2) is 0 Å². The zero-order valence-electron chi connectivity index (χ0n) is 14.5. The summed E-state index contributed by atoms with van der Waals surface area (Å²) in [6, 6.07) is 4.42. The average Bonchev–Trinajstić information content (AvgIpc) is 3.31. The fourth-order valence-electron chi connectivity index (χ4n) is 3.57. The molecular formula is C18H20N4O3S. The van der Waals surface area contributed by atoms with Crippen LogP contribution in [-0.2, 0) is 11.3 Å². The van der Waals surface area contributed by atoms with Crippen molar-refractivity contribution >= 4 is 17.3 Å². The monoisotopic (exact) mass is 372 g/mol. The molecule has 1 aromatic heterocycles. The molecule has 0 bridgehead atoms. The van der Waals surface area contributed by atoms with Gasteiger partial charge in [-0.3, -0.25) is 9.69 Å². The van der Waals surface area contributed by atoms with Gasteiger partial charge < -0.3 is 9.30 Å². The van der Waals surface area contributed by atoms with Gasteiger partial charge in [-0.05, 0) is 30.8 Å².